The molecule has 3 fully saturated rings. The first-order chi connectivity index (χ1) is 17.3. The van der Waals surface area contributed by atoms with Crippen LogP contribution in [0.1, 0.15) is 86.3 Å². The molecule has 6 heteroatoms. The van der Waals surface area contributed by atoms with Crippen LogP contribution < -0.4 is 4.90 Å². The molecule has 36 heavy (non-hydrogen) atoms. The fourth-order valence-corrected chi connectivity index (χ4v) is 6.79. The molecule has 0 radical (unpaired) electrons. The van der Waals surface area contributed by atoms with Crippen LogP contribution in [0.15, 0.2) is 48.5 Å². The number of hydrogen-bond acceptors (Lipinski definition) is 3. The summed E-state index contributed by atoms with van der Waals surface area (Å²) in [7, 11) is 0. The van der Waals surface area contributed by atoms with Crippen LogP contribution in [-0.2, 0) is 6.18 Å². The van der Waals surface area contributed by atoms with Crippen LogP contribution in [0.3, 0.4) is 0 Å². The summed E-state index contributed by atoms with van der Waals surface area (Å²) >= 11 is 0. The number of para-hydroxylation sites is 1. The van der Waals surface area contributed by atoms with Gasteiger partial charge in [0, 0.05) is 31.2 Å². The summed E-state index contributed by atoms with van der Waals surface area (Å²) in [6.45, 7) is 4.69. The van der Waals surface area contributed by atoms with Gasteiger partial charge in [-0.2, -0.15) is 13.2 Å². The molecule has 3 nitrogen and oxygen atoms in total. The molecule has 1 unspecified atom stereocenters. The highest BCUT2D eigenvalue weighted by molar-refractivity contribution is 5.56. The number of aliphatic hydroxyl groups is 1. The van der Waals surface area contributed by atoms with E-state index >= 15 is 0 Å². The zero-order chi connectivity index (χ0) is 25.2. The lowest BCUT2D eigenvalue weighted by molar-refractivity contribution is -0.137. The number of piperidine rings is 1. The van der Waals surface area contributed by atoms with Crippen LogP contribution in [0.25, 0.3) is 0 Å². The van der Waals surface area contributed by atoms with Gasteiger partial charge in [0.25, 0.3) is 0 Å². The summed E-state index contributed by atoms with van der Waals surface area (Å²) in [6, 6.07) is 14.5. The molecule has 2 saturated heterocycles. The van der Waals surface area contributed by atoms with Gasteiger partial charge in [-0.25, -0.2) is 0 Å². The molecule has 0 spiro atoms. The number of benzene rings is 2. The van der Waals surface area contributed by atoms with Gasteiger partial charge in [0.1, 0.15) is 0 Å². The lowest BCUT2D eigenvalue weighted by Crippen LogP contribution is -2.46. The summed E-state index contributed by atoms with van der Waals surface area (Å²) in [5.41, 5.74) is 1.88. The predicted molar refractivity (Wildman–Crippen MR) is 139 cm³/mol. The van der Waals surface area contributed by atoms with Gasteiger partial charge in [-0.15, -0.1) is 0 Å². The van der Waals surface area contributed by atoms with Gasteiger partial charge in [-0.05, 0) is 80.8 Å². The average molecular weight is 501 g/mol. The maximum absolute atomic E-state index is 13.5. The zero-order valence-electron chi connectivity index (χ0n) is 21.1. The second kappa shape index (κ2) is 10.7. The van der Waals surface area contributed by atoms with E-state index in [0.717, 1.165) is 64.3 Å². The highest BCUT2D eigenvalue weighted by Gasteiger charge is 2.41. The van der Waals surface area contributed by atoms with Crippen molar-refractivity contribution < 1.29 is 18.3 Å². The van der Waals surface area contributed by atoms with Crippen molar-refractivity contribution in [3.05, 3.63) is 65.2 Å². The minimum atomic E-state index is -4.38. The zero-order valence-corrected chi connectivity index (χ0v) is 21.1. The van der Waals surface area contributed by atoms with Crippen molar-refractivity contribution >= 4 is 5.69 Å². The highest BCUT2D eigenvalue weighted by atomic mass is 19.4. The van der Waals surface area contributed by atoms with Gasteiger partial charge in [-0.1, -0.05) is 55.7 Å². The van der Waals surface area contributed by atoms with Crippen molar-refractivity contribution in [1.29, 1.82) is 0 Å². The Morgan fingerprint density at radius 2 is 1.56 bits per heavy atom. The predicted octanol–water partition coefficient (Wildman–Crippen LogP) is 6.96. The number of hydrogen-bond donors (Lipinski definition) is 1. The molecule has 2 aromatic carbocycles. The Labute approximate surface area is 213 Å². The first kappa shape index (κ1) is 25.6. The van der Waals surface area contributed by atoms with Gasteiger partial charge < -0.3 is 14.9 Å². The normalized spacial score (nSPS) is 22.6. The topological polar surface area (TPSA) is 26.7 Å². The molecule has 1 aliphatic carbocycles. The lowest BCUT2D eigenvalue weighted by atomic mass is 9.72. The van der Waals surface area contributed by atoms with E-state index < -0.39 is 17.3 Å². The Balaban J connectivity index is 1.32. The van der Waals surface area contributed by atoms with E-state index in [9.17, 15) is 18.3 Å². The van der Waals surface area contributed by atoms with Crippen molar-refractivity contribution in [2.45, 2.75) is 81.4 Å². The van der Waals surface area contributed by atoms with Crippen molar-refractivity contribution in [1.82, 2.24) is 4.90 Å². The van der Waals surface area contributed by atoms with Crippen LogP contribution >= 0.6 is 0 Å². The molecular weight excluding hydrogens is 461 g/mol. The first-order valence-electron chi connectivity index (χ1n) is 13.8. The van der Waals surface area contributed by atoms with E-state index in [1.807, 2.05) is 0 Å². The number of likely N-dealkylation sites (tertiary alicyclic amines) is 1. The van der Waals surface area contributed by atoms with E-state index in [1.165, 1.54) is 36.2 Å². The van der Waals surface area contributed by atoms with Crippen LogP contribution in [-0.4, -0.2) is 48.3 Å². The fourth-order valence-electron chi connectivity index (χ4n) is 6.79. The molecule has 0 amide bonds. The molecule has 3 aliphatic rings. The first-order valence-corrected chi connectivity index (χ1v) is 13.8. The summed E-state index contributed by atoms with van der Waals surface area (Å²) in [5.74, 6) is 0.191. The van der Waals surface area contributed by atoms with Gasteiger partial charge in [0.2, 0.25) is 0 Å². The van der Waals surface area contributed by atoms with Gasteiger partial charge in [0.15, 0.2) is 0 Å². The highest BCUT2D eigenvalue weighted by Crippen LogP contribution is 2.43. The quantitative estimate of drug-likeness (QED) is 0.464. The third kappa shape index (κ3) is 5.60. The molecule has 196 valence electrons. The van der Waals surface area contributed by atoms with E-state index in [4.69, 9.17) is 0 Å². The molecule has 5 rings (SSSR count). The molecule has 1 N–H and O–H groups in total. The molecule has 0 bridgehead atoms. The van der Waals surface area contributed by atoms with E-state index in [0.29, 0.717) is 30.9 Å². The Kier molecular flexibility index (Phi) is 7.64. The van der Waals surface area contributed by atoms with Gasteiger partial charge >= 0.3 is 6.18 Å². The monoisotopic (exact) mass is 500 g/mol. The molecule has 2 aromatic rings. The fraction of sp³-hybridized carbons (Fsp3) is 0.600. The number of rotatable bonds is 6. The lowest BCUT2D eigenvalue weighted by Gasteiger charge is -2.43. The second-order valence-electron chi connectivity index (χ2n) is 11.2. The summed E-state index contributed by atoms with van der Waals surface area (Å²) in [6.07, 6.45) is 4.48. The summed E-state index contributed by atoms with van der Waals surface area (Å²) in [5, 5.41) is 11.7. The number of nitrogens with zero attached hydrogens (tertiary/aromatic N) is 2. The molecule has 1 saturated carbocycles. The maximum Gasteiger partial charge on any atom is 0.416 e. The van der Waals surface area contributed by atoms with Crippen LogP contribution in [0.4, 0.5) is 18.9 Å². The van der Waals surface area contributed by atoms with E-state index in [1.54, 1.807) is 6.07 Å². The SMILES string of the molecule is OC1(C(CN2CCC(c3ccccc3N3CCCC3)CC2)c2cccc(C(F)(F)F)c2)CCCCC1. The van der Waals surface area contributed by atoms with Crippen molar-refractivity contribution in [2.24, 2.45) is 0 Å². The van der Waals surface area contributed by atoms with Crippen LogP contribution in [0.5, 0.6) is 0 Å². The minimum absolute atomic E-state index is 0.312. The number of alkyl halides is 3. The van der Waals surface area contributed by atoms with Crippen molar-refractivity contribution in [3.8, 4) is 0 Å². The largest absolute Gasteiger partial charge is 0.416 e. The smallest absolute Gasteiger partial charge is 0.389 e. The van der Waals surface area contributed by atoms with Crippen molar-refractivity contribution in [2.75, 3.05) is 37.6 Å². The van der Waals surface area contributed by atoms with Crippen LogP contribution in [0, 0.1) is 0 Å². The maximum atomic E-state index is 13.5. The van der Waals surface area contributed by atoms with Gasteiger partial charge in [0.05, 0.1) is 11.2 Å². The molecule has 2 aliphatic heterocycles. The Bertz CT molecular complexity index is 1000. The number of anilines is 1. The Morgan fingerprint density at radius 1 is 0.861 bits per heavy atom. The summed E-state index contributed by atoms with van der Waals surface area (Å²) < 4.78 is 40.5. The van der Waals surface area contributed by atoms with Crippen molar-refractivity contribution in [3.63, 3.8) is 0 Å². The third-order valence-corrected chi connectivity index (χ3v) is 8.84. The van der Waals surface area contributed by atoms with E-state index in [2.05, 4.69) is 34.1 Å². The molecular formula is C30H39F3N2O. The van der Waals surface area contributed by atoms with Crippen LogP contribution in [0.2, 0.25) is 0 Å². The minimum Gasteiger partial charge on any atom is -0.389 e. The molecule has 2 heterocycles. The average Bonchev–Trinajstić information content (AvgIpc) is 3.43. The van der Waals surface area contributed by atoms with E-state index in [-0.39, 0.29) is 5.92 Å². The Morgan fingerprint density at radius 3 is 2.25 bits per heavy atom. The number of halogens is 3. The standard InChI is InChI=1S/C30H39F3N2O/c31-30(32,33)25-10-8-9-24(21-25)27(29(36)15-4-1-5-16-29)22-34-19-13-23(14-20-34)26-11-2-3-12-28(26)35-17-6-7-18-35/h2-3,8-12,21,23,27,36H,1,4-7,13-20,22H2. The Hall–Kier alpha value is -2.05. The summed E-state index contributed by atoms with van der Waals surface area (Å²) in [4.78, 5) is 4.90. The third-order valence-electron chi connectivity index (χ3n) is 8.84. The molecule has 0 aromatic heterocycles. The second-order valence-corrected chi connectivity index (χ2v) is 11.2. The van der Waals surface area contributed by atoms with Gasteiger partial charge in [-0.3, -0.25) is 0 Å². The molecule has 1 atom stereocenters.